The van der Waals surface area contributed by atoms with E-state index >= 15 is 0 Å². The van der Waals surface area contributed by atoms with E-state index in [0.29, 0.717) is 26.2 Å². The molecule has 0 radical (unpaired) electrons. The molecule has 0 fully saturated rings. The van der Waals surface area contributed by atoms with Gasteiger partial charge in [-0.05, 0) is 20.0 Å². The molecule has 18 heavy (non-hydrogen) atoms. The number of nitrogens with zero attached hydrogens (tertiary/aromatic N) is 1. The lowest BCUT2D eigenvalue weighted by atomic mass is 10.5. The molecule has 0 aromatic rings. The van der Waals surface area contributed by atoms with Crippen molar-refractivity contribution in [1.82, 2.24) is 14.9 Å². The molecule has 0 saturated heterocycles. The molecule has 2 N–H and O–H groups in total. The Balaban J connectivity index is 3.63. The highest BCUT2D eigenvalue weighted by Gasteiger charge is 2.09. The molecule has 0 heterocycles. The molecule has 0 aromatic carbocycles. The summed E-state index contributed by atoms with van der Waals surface area (Å²) in [6, 6.07) is 0. The van der Waals surface area contributed by atoms with Crippen molar-refractivity contribution >= 4 is 10.0 Å². The van der Waals surface area contributed by atoms with Gasteiger partial charge in [-0.15, -0.1) is 0 Å². The Hall–Kier alpha value is -0.210. The summed E-state index contributed by atoms with van der Waals surface area (Å²) in [6.07, 6.45) is 1.01. The first-order valence-corrected chi connectivity index (χ1v) is 8.02. The van der Waals surface area contributed by atoms with Crippen LogP contribution in [0.4, 0.5) is 0 Å². The van der Waals surface area contributed by atoms with Gasteiger partial charge < -0.3 is 15.0 Å². The predicted octanol–water partition coefficient (Wildman–Crippen LogP) is -0.516. The van der Waals surface area contributed by atoms with Gasteiger partial charge >= 0.3 is 0 Å². The Bertz CT molecular complexity index is 283. The monoisotopic (exact) mass is 281 g/mol. The molecule has 7 heteroatoms. The smallest absolute Gasteiger partial charge is 0.212 e. The van der Waals surface area contributed by atoms with E-state index in [9.17, 15) is 8.42 Å². The summed E-state index contributed by atoms with van der Waals surface area (Å²) in [5.41, 5.74) is 0. The molecule has 0 amide bonds. The minimum atomic E-state index is -3.15. The number of methoxy groups -OCH3 is 1. The third-order valence-electron chi connectivity index (χ3n) is 2.47. The van der Waals surface area contributed by atoms with E-state index in [1.54, 1.807) is 7.11 Å². The standard InChI is InChI=1S/C11H27N3O3S/c1-4-5-12-7-11-18(15,16)13-6-8-14(2)9-10-17-3/h12-13H,4-11H2,1-3H3. The van der Waals surface area contributed by atoms with Gasteiger partial charge in [0.15, 0.2) is 0 Å². The molecule has 0 aliphatic heterocycles. The van der Waals surface area contributed by atoms with Gasteiger partial charge in [0, 0.05) is 33.3 Å². The SMILES string of the molecule is CCCNCCS(=O)(=O)NCCN(C)CCOC. The minimum Gasteiger partial charge on any atom is -0.383 e. The van der Waals surface area contributed by atoms with Crippen molar-refractivity contribution in [2.45, 2.75) is 13.3 Å². The minimum absolute atomic E-state index is 0.134. The molecule has 6 nitrogen and oxygen atoms in total. The molecular formula is C11H27N3O3S. The Kier molecular flexibility index (Phi) is 10.6. The van der Waals surface area contributed by atoms with E-state index in [4.69, 9.17) is 4.74 Å². The van der Waals surface area contributed by atoms with Gasteiger partial charge in [0.2, 0.25) is 10.0 Å². The van der Waals surface area contributed by atoms with Gasteiger partial charge in [0.1, 0.15) is 0 Å². The maximum absolute atomic E-state index is 11.6. The zero-order chi connectivity index (χ0) is 13.9. The zero-order valence-electron chi connectivity index (χ0n) is 11.7. The second kappa shape index (κ2) is 10.7. The van der Waals surface area contributed by atoms with Gasteiger partial charge in [0.25, 0.3) is 0 Å². The molecule has 0 aromatic heterocycles. The van der Waals surface area contributed by atoms with Gasteiger partial charge in [0.05, 0.1) is 12.4 Å². The van der Waals surface area contributed by atoms with Crippen molar-refractivity contribution < 1.29 is 13.2 Å². The average molecular weight is 281 g/mol. The van der Waals surface area contributed by atoms with Gasteiger partial charge in [-0.1, -0.05) is 6.92 Å². The maximum atomic E-state index is 11.6. The molecule has 0 saturated carbocycles. The Morgan fingerprint density at radius 2 is 1.89 bits per heavy atom. The lowest BCUT2D eigenvalue weighted by Crippen LogP contribution is -2.37. The van der Waals surface area contributed by atoms with Crippen molar-refractivity contribution in [2.75, 3.05) is 59.2 Å². The van der Waals surface area contributed by atoms with Crippen LogP contribution in [0.3, 0.4) is 0 Å². The highest BCUT2D eigenvalue weighted by Crippen LogP contribution is 1.85. The highest BCUT2D eigenvalue weighted by molar-refractivity contribution is 7.89. The maximum Gasteiger partial charge on any atom is 0.212 e. The lowest BCUT2D eigenvalue weighted by molar-refractivity contribution is 0.162. The van der Waals surface area contributed by atoms with Crippen LogP contribution in [0.25, 0.3) is 0 Å². The topological polar surface area (TPSA) is 70.7 Å². The average Bonchev–Trinajstić information content (AvgIpc) is 2.32. The van der Waals surface area contributed by atoms with Crippen molar-refractivity contribution in [3.8, 4) is 0 Å². The number of nitrogens with one attached hydrogen (secondary N) is 2. The number of likely N-dealkylation sites (N-methyl/N-ethyl adjacent to an activating group) is 1. The number of ether oxygens (including phenoxy) is 1. The van der Waals surface area contributed by atoms with Gasteiger partial charge in [-0.25, -0.2) is 13.1 Å². The Labute approximate surface area is 111 Å². The summed E-state index contributed by atoms with van der Waals surface area (Å²) in [5, 5.41) is 3.07. The third-order valence-corrected chi connectivity index (χ3v) is 3.85. The first-order chi connectivity index (χ1) is 8.52. The van der Waals surface area contributed by atoms with Crippen molar-refractivity contribution in [2.24, 2.45) is 0 Å². The Morgan fingerprint density at radius 1 is 1.17 bits per heavy atom. The lowest BCUT2D eigenvalue weighted by Gasteiger charge is -2.16. The zero-order valence-corrected chi connectivity index (χ0v) is 12.6. The predicted molar refractivity (Wildman–Crippen MR) is 74.3 cm³/mol. The van der Waals surface area contributed by atoms with Crippen LogP contribution in [0.2, 0.25) is 0 Å². The molecule has 0 aliphatic carbocycles. The van der Waals surface area contributed by atoms with E-state index < -0.39 is 10.0 Å². The first kappa shape index (κ1) is 17.8. The molecule has 0 rings (SSSR count). The number of sulfonamides is 1. The summed E-state index contributed by atoms with van der Waals surface area (Å²) in [5.74, 6) is 0.134. The van der Waals surface area contributed by atoms with Crippen molar-refractivity contribution in [1.29, 1.82) is 0 Å². The molecule has 0 spiro atoms. The van der Waals surface area contributed by atoms with Gasteiger partial charge in [-0.2, -0.15) is 0 Å². The normalized spacial score (nSPS) is 12.2. The van der Waals surface area contributed by atoms with Crippen LogP contribution in [-0.4, -0.2) is 72.6 Å². The van der Waals surface area contributed by atoms with Crippen LogP contribution in [0, 0.1) is 0 Å². The van der Waals surface area contributed by atoms with Crippen molar-refractivity contribution in [3.05, 3.63) is 0 Å². The van der Waals surface area contributed by atoms with E-state index in [1.165, 1.54) is 0 Å². The van der Waals surface area contributed by atoms with Crippen LogP contribution in [-0.2, 0) is 14.8 Å². The fraction of sp³-hybridized carbons (Fsp3) is 1.00. The van der Waals surface area contributed by atoms with E-state index in [2.05, 4.69) is 17.0 Å². The van der Waals surface area contributed by atoms with E-state index in [0.717, 1.165) is 19.5 Å². The number of hydrogen-bond acceptors (Lipinski definition) is 5. The summed E-state index contributed by atoms with van der Waals surface area (Å²) in [7, 11) is 0.445. The van der Waals surface area contributed by atoms with Crippen LogP contribution in [0.15, 0.2) is 0 Å². The summed E-state index contributed by atoms with van der Waals surface area (Å²) >= 11 is 0. The quantitative estimate of drug-likeness (QED) is 0.471. The molecule has 110 valence electrons. The fourth-order valence-corrected chi connectivity index (χ4v) is 2.29. The van der Waals surface area contributed by atoms with Crippen molar-refractivity contribution in [3.63, 3.8) is 0 Å². The molecule has 0 aliphatic rings. The van der Waals surface area contributed by atoms with E-state index in [-0.39, 0.29) is 5.75 Å². The number of rotatable bonds is 12. The van der Waals surface area contributed by atoms with Crippen LogP contribution in [0.1, 0.15) is 13.3 Å². The Morgan fingerprint density at radius 3 is 2.50 bits per heavy atom. The van der Waals surface area contributed by atoms with E-state index in [1.807, 2.05) is 11.9 Å². The molecular weight excluding hydrogens is 254 g/mol. The fourth-order valence-electron chi connectivity index (χ4n) is 1.33. The largest absolute Gasteiger partial charge is 0.383 e. The highest BCUT2D eigenvalue weighted by atomic mass is 32.2. The second-order valence-corrected chi connectivity index (χ2v) is 6.19. The second-order valence-electron chi connectivity index (χ2n) is 4.26. The first-order valence-electron chi connectivity index (χ1n) is 6.37. The summed E-state index contributed by atoms with van der Waals surface area (Å²) in [4.78, 5) is 2.03. The molecule has 0 atom stereocenters. The summed E-state index contributed by atoms with van der Waals surface area (Å²) in [6.45, 7) is 6.00. The van der Waals surface area contributed by atoms with Gasteiger partial charge in [-0.3, -0.25) is 0 Å². The molecule has 0 unspecified atom stereocenters. The van der Waals surface area contributed by atoms with Crippen LogP contribution < -0.4 is 10.0 Å². The van der Waals surface area contributed by atoms with Crippen LogP contribution in [0.5, 0.6) is 0 Å². The van der Waals surface area contributed by atoms with Crippen LogP contribution >= 0.6 is 0 Å². The molecule has 0 bridgehead atoms. The third kappa shape index (κ3) is 10.9. The summed E-state index contributed by atoms with van der Waals surface area (Å²) < 4.78 is 30.7. The number of hydrogen-bond donors (Lipinski definition) is 2.